The van der Waals surface area contributed by atoms with Crippen molar-refractivity contribution in [2.75, 3.05) is 5.32 Å². The molecule has 1 amide bonds. The van der Waals surface area contributed by atoms with E-state index in [0.29, 0.717) is 10.2 Å². The Kier molecular flexibility index (Phi) is 4.55. The molecule has 0 atom stereocenters. The molecule has 122 valence electrons. The van der Waals surface area contributed by atoms with Crippen LogP contribution >= 0.6 is 15.9 Å². The van der Waals surface area contributed by atoms with Gasteiger partial charge in [-0.3, -0.25) is 4.79 Å². The van der Waals surface area contributed by atoms with Crippen LogP contribution in [0.15, 0.2) is 85.6 Å². The van der Waals surface area contributed by atoms with Crippen LogP contribution in [0.4, 0.5) is 5.69 Å². The summed E-state index contributed by atoms with van der Waals surface area (Å²) in [4.78, 5) is 12.3. The van der Waals surface area contributed by atoms with E-state index in [1.54, 1.807) is 36.4 Å². The largest absolute Gasteiger partial charge is 0.439 e. The van der Waals surface area contributed by atoms with Gasteiger partial charge >= 0.3 is 0 Å². The fraction of sp³-hybridized carbons (Fsp3) is 0. The first-order chi connectivity index (χ1) is 11.5. The Labute approximate surface area is 147 Å². The van der Waals surface area contributed by atoms with E-state index in [1.807, 2.05) is 6.07 Å². The Hall–Kier alpha value is -2.38. The molecular weight excluding hydrogens is 394 g/mol. The zero-order valence-corrected chi connectivity index (χ0v) is 14.7. The van der Waals surface area contributed by atoms with E-state index in [0.717, 1.165) is 0 Å². The predicted octanol–water partition coefficient (Wildman–Crippen LogP) is 4.13. The van der Waals surface area contributed by atoms with Gasteiger partial charge < -0.3 is 9.73 Å². The van der Waals surface area contributed by atoms with E-state index in [-0.39, 0.29) is 15.7 Å². The molecule has 0 spiro atoms. The molecule has 0 bridgehead atoms. The Morgan fingerprint density at radius 2 is 1.58 bits per heavy atom. The van der Waals surface area contributed by atoms with Crippen molar-refractivity contribution < 1.29 is 17.6 Å². The second-order valence-corrected chi connectivity index (χ2v) is 7.60. The van der Waals surface area contributed by atoms with Gasteiger partial charge in [-0.1, -0.05) is 30.3 Å². The van der Waals surface area contributed by atoms with Crippen LogP contribution in [-0.2, 0) is 9.84 Å². The summed E-state index contributed by atoms with van der Waals surface area (Å²) in [6.45, 7) is 0. The maximum absolute atomic E-state index is 12.4. The summed E-state index contributed by atoms with van der Waals surface area (Å²) < 4.78 is 30.9. The molecule has 2 aromatic carbocycles. The first kappa shape index (κ1) is 16.5. The zero-order valence-electron chi connectivity index (χ0n) is 12.3. The Balaban J connectivity index is 1.86. The minimum Gasteiger partial charge on any atom is -0.439 e. The number of benzene rings is 2. The van der Waals surface area contributed by atoms with Crippen LogP contribution in [0.2, 0.25) is 0 Å². The van der Waals surface area contributed by atoms with Crippen molar-refractivity contribution in [1.29, 1.82) is 0 Å². The molecule has 0 aliphatic heterocycles. The van der Waals surface area contributed by atoms with Gasteiger partial charge in [0.1, 0.15) is 0 Å². The summed E-state index contributed by atoms with van der Waals surface area (Å²) in [6.07, 6.45) is 0. The fourth-order valence-electron chi connectivity index (χ4n) is 2.05. The van der Waals surface area contributed by atoms with E-state index in [2.05, 4.69) is 21.2 Å². The SMILES string of the molecule is O=C(Nc1ccccc1Br)c1ccc(S(=O)(=O)c2ccccc2)o1. The van der Waals surface area contributed by atoms with Gasteiger partial charge in [0, 0.05) is 4.47 Å². The van der Waals surface area contributed by atoms with Gasteiger partial charge in [-0.05, 0) is 52.3 Å². The molecule has 0 aliphatic carbocycles. The van der Waals surface area contributed by atoms with Crippen LogP contribution < -0.4 is 5.32 Å². The summed E-state index contributed by atoms with van der Waals surface area (Å²) in [5.41, 5.74) is 0.561. The number of para-hydroxylation sites is 1. The van der Waals surface area contributed by atoms with E-state index < -0.39 is 15.7 Å². The lowest BCUT2D eigenvalue weighted by Gasteiger charge is -2.05. The van der Waals surface area contributed by atoms with Crippen LogP contribution in [0.5, 0.6) is 0 Å². The lowest BCUT2D eigenvalue weighted by Crippen LogP contribution is -2.11. The number of anilines is 1. The number of hydrogen-bond acceptors (Lipinski definition) is 4. The third kappa shape index (κ3) is 3.27. The molecule has 0 aliphatic rings. The summed E-state index contributed by atoms with van der Waals surface area (Å²) in [5.74, 6) is -0.614. The molecule has 0 saturated carbocycles. The van der Waals surface area contributed by atoms with Gasteiger partial charge in [0.05, 0.1) is 10.6 Å². The highest BCUT2D eigenvalue weighted by molar-refractivity contribution is 9.10. The van der Waals surface area contributed by atoms with Crippen molar-refractivity contribution in [2.45, 2.75) is 9.99 Å². The van der Waals surface area contributed by atoms with E-state index in [1.165, 1.54) is 24.3 Å². The van der Waals surface area contributed by atoms with Gasteiger partial charge in [0.15, 0.2) is 5.76 Å². The van der Waals surface area contributed by atoms with E-state index in [4.69, 9.17) is 4.42 Å². The Morgan fingerprint density at radius 3 is 2.29 bits per heavy atom. The normalized spacial score (nSPS) is 11.2. The molecule has 0 unspecified atom stereocenters. The first-order valence-corrected chi connectivity index (χ1v) is 9.22. The van der Waals surface area contributed by atoms with Crippen molar-refractivity contribution in [3.05, 3.63) is 77.0 Å². The summed E-state index contributed by atoms with van der Waals surface area (Å²) >= 11 is 3.32. The smallest absolute Gasteiger partial charge is 0.291 e. The van der Waals surface area contributed by atoms with Crippen molar-refractivity contribution >= 4 is 37.4 Å². The second-order valence-electron chi connectivity index (χ2n) is 4.87. The molecule has 7 heteroatoms. The van der Waals surface area contributed by atoms with Gasteiger partial charge in [0.2, 0.25) is 14.9 Å². The van der Waals surface area contributed by atoms with Crippen LogP contribution in [0, 0.1) is 0 Å². The van der Waals surface area contributed by atoms with Gasteiger partial charge in [-0.25, -0.2) is 8.42 Å². The third-order valence-corrected chi connectivity index (χ3v) is 5.58. The monoisotopic (exact) mass is 405 g/mol. The predicted molar refractivity (Wildman–Crippen MR) is 92.7 cm³/mol. The number of sulfone groups is 1. The standard InChI is InChI=1S/C17H12BrNO4S/c18-13-8-4-5-9-14(13)19-17(20)15-10-11-16(23-15)24(21,22)12-6-2-1-3-7-12/h1-11H,(H,19,20). The van der Waals surface area contributed by atoms with Crippen LogP contribution in [0.3, 0.4) is 0 Å². The maximum atomic E-state index is 12.4. The lowest BCUT2D eigenvalue weighted by atomic mass is 10.3. The Bertz CT molecular complexity index is 981. The number of halogens is 1. The molecule has 1 heterocycles. The molecule has 3 rings (SSSR count). The number of hydrogen-bond donors (Lipinski definition) is 1. The van der Waals surface area contributed by atoms with Crippen LogP contribution in [-0.4, -0.2) is 14.3 Å². The quantitative estimate of drug-likeness (QED) is 0.707. The number of carbonyl (C=O) groups is 1. The summed E-state index contributed by atoms with van der Waals surface area (Å²) in [6, 6.07) is 17.6. The molecule has 0 fully saturated rings. The van der Waals surface area contributed by atoms with Gasteiger partial charge in [-0.15, -0.1) is 0 Å². The number of carbonyl (C=O) groups excluding carboxylic acids is 1. The highest BCUT2D eigenvalue weighted by Gasteiger charge is 2.23. The van der Waals surface area contributed by atoms with Crippen molar-refractivity contribution in [1.82, 2.24) is 0 Å². The van der Waals surface area contributed by atoms with Crippen molar-refractivity contribution in [3.8, 4) is 0 Å². The lowest BCUT2D eigenvalue weighted by molar-refractivity contribution is 0.0991. The average Bonchev–Trinajstić information content (AvgIpc) is 3.09. The topological polar surface area (TPSA) is 76.4 Å². The molecule has 24 heavy (non-hydrogen) atoms. The van der Waals surface area contributed by atoms with Crippen LogP contribution in [0.25, 0.3) is 0 Å². The third-order valence-electron chi connectivity index (χ3n) is 3.25. The molecule has 0 radical (unpaired) electrons. The van der Waals surface area contributed by atoms with Gasteiger partial charge in [-0.2, -0.15) is 0 Å². The highest BCUT2D eigenvalue weighted by Crippen LogP contribution is 2.25. The molecule has 3 aromatic rings. The number of nitrogens with one attached hydrogen (secondary N) is 1. The average molecular weight is 406 g/mol. The minimum absolute atomic E-state index is 0.0831. The highest BCUT2D eigenvalue weighted by atomic mass is 79.9. The summed E-state index contributed by atoms with van der Waals surface area (Å²) in [7, 11) is -3.79. The number of amides is 1. The fourth-order valence-corrected chi connectivity index (χ4v) is 3.63. The maximum Gasteiger partial charge on any atom is 0.291 e. The minimum atomic E-state index is -3.79. The Morgan fingerprint density at radius 1 is 0.917 bits per heavy atom. The van der Waals surface area contributed by atoms with E-state index in [9.17, 15) is 13.2 Å². The second kappa shape index (κ2) is 6.62. The first-order valence-electron chi connectivity index (χ1n) is 6.94. The molecule has 1 aromatic heterocycles. The molecular formula is C17H12BrNO4S. The van der Waals surface area contributed by atoms with Crippen molar-refractivity contribution in [3.63, 3.8) is 0 Å². The zero-order chi connectivity index (χ0) is 17.2. The molecule has 1 N–H and O–H groups in total. The molecule has 0 saturated heterocycles. The molecule has 5 nitrogen and oxygen atoms in total. The number of furan rings is 1. The van der Waals surface area contributed by atoms with Gasteiger partial charge in [0.25, 0.3) is 5.91 Å². The van der Waals surface area contributed by atoms with Crippen LogP contribution in [0.1, 0.15) is 10.6 Å². The summed E-state index contributed by atoms with van der Waals surface area (Å²) in [5, 5.41) is 2.38. The van der Waals surface area contributed by atoms with E-state index >= 15 is 0 Å². The van der Waals surface area contributed by atoms with Crippen molar-refractivity contribution in [2.24, 2.45) is 0 Å². The number of rotatable bonds is 4.